The van der Waals surface area contributed by atoms with Gasteiger partial charge in [0.05, 0.1) is 0 Å². The average Bonchev–Trinajstić information content (AvgIpc) is 2.44. The Hall–Kier alpha value is -0.0400. The number of nitrogens with two attached hydrogens (primary N) is 1. The zero-order valence-corrected chi connectivity index (χ0v) is 5.64. The minimum Gasteiger partial charge on any atom is -0.330 e. The Balaban J connectivity index is 2.02. The van der Waals surface area contributed by atoms with E-state index in [9.17, 15) is 0 Å². The van der Waals surface area contributed by atoms with Crippen LogP contribution in [0.2, 0.25) is 0 Å². The van der Waals surface area contributed by atoms with Crippen LogP contribution < -0.4 is 5.73 Å². The Morgan fingerprint density at radius 3 is 2.22 bits per heavy atom. The zero-order chi connectivity index (χ0) is 6.06. The highest BCUT2D eigenvalue weighted by molar-refractivity contribution is 5.22. The average molecular weight is 123 g/mol. The lowest BCUT2D eigenvalue weighted by atomic mass is 10.1. The summed E-state index contributed by atoms with van der Waals surface area (Å²) in [7, 11) is 0. The second-order valence-electron chi connectivity index (χ2n) is 4.19. The van der Waals surface area contributed by atoms with E-state index >= 15 is 0 Å². The van der Waals surface area contributed by atoms with Crippen molar-refractivity contribution in [1.82, 2.24) is 0 Å². The summed E-state index contributed by atoms with van der Waals surface area (Å²) in [4.78, 5) is 0. The summed E-state index contributed by atoms with van der Waals surface area (Å²) in [5, 5.41) is 0. The van der Waals surface area contributed by atoms with Gasteiger partial charge in [0, 0.05) is 0 Å². The fraction of sp³-hybridized carbons (Fsp3) is 1.00. The third kappa shape index (κ3) is 0.315. The summed E-state index contributed by atoms with van der Waals surface area (Å²) in [6, 6.07) is 0. The maximum Gasteiger partial charge on any atom is -0.00149 e. The SMILES string of the molecule is NCC12CC3CC1C2C3. The number of rotatable bonds is 1. The lowest BCUT2D eigenvalue weighted by Crippen LogP contribution is -2.14. The maximum absolute atomic E-state index is 5.73. The lowest BCUT2D eigenvalue weighted by Gasteiger charge is -2.04. The van der Waals surface area contributed by atoms with Gasteiger partial charge in [0.1, 0.15) is 0 Å². The quantitative estimate of drug-likeness (QED) is 0.553. The first kappa shape index (κ1) is 4.73. The van der Waals surface area contributed by atoms with Gasteiger partial charge in [0.25, 0.3) is 0 Å². The van der Waals surface area contributed by atoms with Gasteiger partial charge in [-0.1, -0.05) is 0 Å². The van der Waals surface area contributed by atoms with Gasteiger partial charge in [-0.3, -0.25) is 0 Å². The monoisotopic (exact) mass is 123 g/mol. The smallest absolute Gasteiger partial charge is 0.00149 e. The van der Waals surface area contributed by atoms with Gasteiger partial charge in [0.2, 0.25) is 0 Å². The molecule has 2 atom stereocenters. The number of hydrogen-bond donors (Lipinski definition) is 1. The summed E-state index contributed by atoms with van der Waals surface area (Å²) in [6.07, 6.45) is 4.54. The Kier molecular flexibility index (Phi) is 0.563. The molecule has 0 amide bonds. The molecule has 0 aromatic carbocycles. The van der Waals surface area contributed by atoms with Crippen LogP contribution in [-0.4, -0.2) is 6.54 Å². The van der Waals surface area contributed by atoms with Crippen LogP contribution in [0.25, 0.3) is 0 Å². The van der Waals surface area contributed by atoms with Crippen LogP contribution >= 0.6 is 0 Å². The standard InChI is InChI=1S/C8H13N/c9-4-8-3-5-1-6(8)7(8)2-5/h5-7H,1-4,9H2. The van der Waals surface area contributed by atoms with E-state index < -0.39 is 0 Å². The van der Waals surface area contributed by atoms with Crippen molar-refractivity contribution >= 4 is 0 Å². The Labute approximate surface area is 55.6 Å². The summed E-state index contributed by atoms with van der Waals surface area (Å²) >= 11 is 0. The zero-order valence-electron chi connectivity index (χ0n) is 5.64. The molecule has 2 unspecified atom stereocenters. The molecule has 4 rings (SSSR count). The van der Waals surface area contributed by atoms with Crippen LogP contribution in [0.4, 0.5) is 0 Å². The van der Waals surface area contributed by atoms with Gasteiger partial charge in [-0.25, -0.2) is 0 Å². The Morgan fingerprint density at radius 1 is 1.33 bits per heavy atom. The molecule has 4 aliphatic carbocycles. The summed E-state index contributed by atoms with van der Waals surface area (Å²) in [5.74, 6) is 3.28. The molecular weight excluding hydrogens is 110 g/mol. The van der Waals surface area contributed by atoms with Crippen LogP contribution in [0.3, 0.4) is 0 Å². The molecule has 50 valence electrons. The maximum atomic E-state index is 5.73. The van der Waals surface area contributed by atoms with Crippen LogP contribution in [0, 0.1) is 23.2 Å². The van der Waals surface area contributed by atoms with E-state index in [1.165, 1.54) is 19.3 Å². The van der Waals surface area contributed by atoms with E-state index in [-0.39, 0.29) is 0 Å². The molecule has 0 aromatic heterocycles. The van der Waals surface area contributed by atoms with E-state index in [0.717, 1.165) is 24.3 Å². The third-order valence-corrected chi connectivity index (χ3v) is 4.08. The van der Waals surface area contributed by atoms with Crippen LogP contribution in [0.5, 0.6) is 0 Å². The van der Waals surface area contributed by atoms with Gasteiger partial charge in [-0.2, -0.15) is 0 Å². The Bertz CT molecular complexity index is 152. The molecule has 0 heterocycles. The number of hydrogen-bond acceptors (Lipinski definition) is 1. The van der Waals surface area contributed by atoms with E-state index in [4.69, 9.17) is 5.73 Å². The predicted octanol–water partition coefficient (Wildman–Crippen LogP) is 0.991. The topological polar surface area (TPSA) is 26.0 Å². The largest absolute Gasteiger partial charge is 0.330 e. The molecule has 0 aromatic rings. The van der Waals surface area contributed by atoms with Crippen LogP contribution in [0.1, 0.15) is 19.3 Å². The van der Waals surface area contributed by atoms with E-state index in [2.05, 4.69) is 0 Å². The summed E-state index contributed by atoms with van der Waals surface area (Å²) < 4.78 is 0. The molecule has 4 aliphatic rings. The highest BCUT2D eigenvalue weighted by Gasteiger charge is 2.73. The van der Waals surface area contributed by atoms with Gasteiger partial charge in [0.15, 0.2) is 0 Å². The first-order valence-corrected chi connectivity index (χ1v) is 4.07. The fourth-order valence-electron chi connectivity index (χ4n) is 3.68. The van der Waals surface area contributed by atoms with Gasteiger partial charge >= 0.3 is 0 Å². The summed E-state index contributed by atoms with van der Waals surface area (Å²) in [6.45, 7) is 0.985. The third-order valence-electron chi connectivity index (χ3n) is 4.08. The first-order valence-electron chi connectivity index (χ1n) is 4.07. The highest BCUT2D eigenvalue weighted by atomic mass is 14.8. The van der Waals surface area contributed by atoms with Crippen molar-refractivity contribution in [3.8, 4) is 0 Å². The van der Waals surface area contributed by atoms with E-state index in [1.54, 1.807) is 0 Å². The molecule has 0 aliphatic heterocycles. The Morgan fingerprint density at radius 2 is 2.00 bits per heavy atom. The van der Waals surface area contributed by atoms with E-state index in [1.807, 2.05) is 0 Å². The molecule has 0 radical (unpaired) electrons. The highest BCUT2D eigenvalue weighted by Crippen LogP contribution is 2.78. The second kappa shape index (κ2) is 1.07. The molecule has 4 saturated carbocycles. The minimum atomic E-state index is 0.713. The van der Waals surface area contributed by atoms with Crippen molar-refractivity contribution < 1.29 is 0 Å². The normalized spacial score (nSPS) is 67.0. The molecule has 4 bridgehead atoms. The van der Waals surface area contributed by atoms with Crippen molar-refractivity contribution in [3.63, 3.8) is 0 Å². The predicted molar refractivity (Wildman–Crippen MR) is 35.8 cm³/mol. The molecule has 9 heavy (non-hydrogen) atoms. The second-order valence-corrected chi connectivity index (χ2v) is 4.19. The van der Waals surface area contributed by atoms with Crippen molar-refractivity contribution in [3.05, 3.63) is 0 Å². The molecule has 0 spiro atoms. The first-order chi connectivity index (χ1) is 4.37. The van der Waals surface area contributed by atoms with Crippen molar-refractivity contribution in [1.29, 1.82) is 0 Å². The van der Waals surface area contributed by atoms with Crippen molar-refractivity contribution in [2.75, 3.05) is 6.54 Å². The van der Waals surface area contributed by atoms with Crippen LogP contribution in [-0.2, 0) is 0 Å². The molecule has 0 saturated heterocycles. The molecule has 4 fully saturated rings. The minimum absolute atomic E-state index is 0.713. The molecule has 1 nitrogen and oxygen atoms in total. The fourth-order valence-corrected chi connectivity index (χ4v) is 3.68. The lowest BCUT2D eigenvalue weighted by molar-refractivity contribution is 0.494. The van der Waals surface area contributed by atoms with Gasteiger partial charge in [-0.05, 0) is 49.0 Å². The molecule has 2 N–H and O–H groups in total. The van der Waals surface area contributed by atoms with E-state index in [0.29, 0.717) is 5.41 Å². The summed E-state index contributed by atoms with van der Waals surface area (Å²) in [5.41, 5.74) is 6.44. The van der Waals surface area contributed by atoms with Gasteiger partial charge in [-0.15, -0.1) is 0 Å². The van der Waals surface area contributed by atoms with Crippen molar-refractivity contribution in [2.45, 2.75) is 19.3 Å². The molecule has 1 heteroatoms. The molecular formula is C8H13N. The van der Waals surface area contributed by atoms with Crippen molar-refractivity contribution in [2.24, 2.45) is 28.9 Å². The van der Waals surface area contributed by atoms with Crippen LogP contribution in [0.15, 0.2) is 0 Å². The van der Waals surface area contributed by atoms with Gasteiger partial charge < -0.3 is 5.73 Å².